The zero-order chi connectivity index (χ0) is 24.8. The van der Waals surface area contributed by atoms with Gasteiger partial charge >= 0.3 is 0 Å². The molecule has 0 aliphatic carbocycles. The second-order valence-corrected chi connectivity index (χ2v) is 10.0. The minimum atomic E-state index is -0.284. The first-order chi connectivity index (χ1) is 16.9. The third-order valence-corrected chi connectivity index (χ3v) is 7.01. The highest BCUT2D eigenvalue weighted by atomic mass is 79.9. The standard InChI is InChI=1S/C27H23BrClNO4S/c1-2-33-23-15-20(14-22(28)25(23)34-17-19-8-10-21(29)11-9-19)16-24-26(31)30(27(32)35-24)13-12-18-6-4-3-5-7-18/h3-11,14-16H,2,12-13,17H2,1H3/b24-16-. The van der Waals surface area contributed by atoms with E-state index in [0.29, 0.717) is 52.1 Å². The SMILES string of the molecule is CCOc1cc(/C=C2\SC(=O)N(CCc3ccccc3)C2=O)cc(Br)c1OCc1ccc(Cl)cc1. The summed E-state index contributed by atoms with van der Waals surface area (Å²) in [5, 5.41) is 0.406. The molecule has 0 saturated carbocycles. The molecule has 0 atom stereocenters. The zero-order valence-corrected chi connectivity index (χ0v) is 22.2. The van der Waals surface area contributed by atoms with Crippen LogP contribution < -0.4 is 9.47 Å². The third kappa shape index (κ3) is 6.48. The molecule has 1 heterocycles. The molecular formula is C27H23BrClNO4S. The van der Waals surface area contributed by atoms with Gasteiger partial charge in [0, 0.05) is 11.6 Å². The van der Waals surface area contributed by atoms with E-state index >= 15 is 0 Å². The molecule has 0 spiro atoms. The molecule has 0 bridgehead atoms. The molecule has 0 N–H and O–H groups in total. The summed E-state index contributed by atoms with van der Waals surface area (Å²) in [7, 11) is 0. The normalized spacial score (nSPS) is 14.6. The van der Waals surface area contributed by atoms with Crippen molar-refractivity contribution >= 4 is 56.5 Å². The molecule has 0 unspecified atom stereocenters. The summed E-state index contributed by atoms with van der Waals surface area (Å²) >= 11 is 10.5. The number of ether oxygens (including phenoxy) is 2. The highest BCUT2D eigenvalue weighted by Gasteiger charge is 2.34. The summed E-state index contributed by atoms with van der Waals surface area (Å²) in [5.41, 5.74) is 2.78. The molecule has 4 rings (SSSR count). The van der Waals surface area contributed by atoms with Gasteiger partial charge in [0.2, 0.25) is 0 Å². The molecule has 3 aromatic carbocycles. The van der Waals surface area contributed by atoms with Crippen LogP contribution in [0, 0.1) is 0 Å². The van der Waals surface area contributed by atoms with Gasteiger partial charge in [-0.05, 0) is 88.1 Å². The molecule has 35 heavy (non-hydrogen) atoms. The molecule has 180 valence electrons. The lowest BCUT2D eigenvalue weighted by Crippen LogP contribution is -2.30. The summed E-state index contributed by atoms with van der Waals surface area (Å²) in [5.74, 6) is 0.827. The van der Waals surface area contributed by atoms with Gasteiger partial charge in [0.15, 0.2) is 11.5 Å². The number of nitrogens with zero attached hydrogens (tertiary/aromatic N) is 1. The predicted octanol–water partition coefficient (Wildman–Crippen LogP) is 7.36. The summed E-state index contributed by atoms with van der Waals surface area (Å²) in [6, 6.07) is 20.9. The van der Waals surface area contributed by atoms with E-state index in [2.05, 4.69) is 15.9 Å². The minimum absolute atomic E-state index is 0.260. The maximum atomic E-state index is 12.9. The molecule has 0 aromatic heterocycles. The maximum Gasteiger partial charge on any atom is 0.293 e. The number of carbonyl (C=O) groups excluding carboxylic acids is 2. The van der Waals surface area contributed by atoms with Gasteiger partial charge in [-0.2, -0.15) is 0 Å². The van der Waals surface area contributed by atoms with Gasteiger partial charge in [-0.15, -0.1) is 0 Å². The number of benzene rings is 3. The van der Waals surface area contributed by atoms with Gasteiger partial charge in [-0.1, -0.05) is 54.1 Å². The van der Waals surface area contributed by atoms with Crippen LogP contribution in [0.1, 0.15) is 23.6 Å². The van der Waals surface area contributed by atoms with Crippen LogP contribution in [-0.2, 0) is 17.8 Å². The lowest BCUT2D eigenvalue weighted by Gasteiger charge is -2.15. The van der Waals surface area contributed by atoms with Crippen LogP contribution >= 0.6 is 39.3 Å². The average Bonchev–Trinajstić information content (AvgIpc) is 3.11. The lowest BCUT2D eigenvalue weighted by molar-refractivity contribution is -0.122. The number of amides is 2. The van der Waals surface area contributed by atoms with Gasteiger partial charge < -0.3 is 9.47 Å². The van der Waals surface area contributed by atoms with E-state index in [-0.39, 0.29) is 11.1 Å². The molecule has 1 saturated heterocycles. The molecule has 3 aromatic rings. The number of halogens is 2. The van der Waals surface area contributed by atoms with E-state index in [1.165, 1.54) is 4.90 Å². The Balaban J connectivity index is 1.50. The predicted molar refractivity (Wildman–Crippen MR) is 144 cm³/mol. The largest absolute Gasteiger partial charge is 0.490 e. The lowest BCUT2D eigenvalue weighted by atomic mass is 10.1. The first kappa shape index (κ1) is 25.4. The molecule has 1 fully saturated rings. The Morgan fingerprint density at radius 1 is 1.00 bits per heavy atom. The van der Waals surface area contributed by atoms with Crippen molar-refractivity contribution in [3.8, 4) is 11.5 Å². The zero-order valence-electron chi connectivity index (χ0n) is 19.0. The van der Waals surface area contributed by atoms with E-state index in [1.54, 1.807) is 6.08 Å². The molecule has 1 aliphatic rings. The van der Waals surface area contributed by atoms with Crippen molar-refractivity contribution in [3.05, 3.63) is 97.8 Å². The molecular weight excluding hydrogens is 550 g/mol. The number of hydrogen-bond donors (Lipinski definition) is 0. The van der Waals surface area contributed by atoms with Crippen LogP contribution in [0.15, 0.2) is 76.1 Å². The second-order valence-electron chi connectivity index (χ2n) is 7.75. The number of hydrogen-bond acceptors (Lipinski definition) is 5. The van der Waals surface area contributed by atoms with Crippen LogP contribution in [0.3, 0.4) is 0 Å². The maximum absolute atomic E-state index is 12.9. The van der Waals surface area contributed by atoms with Crippen molar-refractivity contribution in [1.82, 2.24) is 4.90 Å². The fraction of sp³-hybridized carbons (Fsp3) is 0.185. The Hall–Kier alpha value is -2.74. The van der Waals surface area contributed by atoms with Crippen LogP contribution in [0.25, 0.3) is 6.08 Å². The third-order valence-electron chi connectivity index (χ3n) is 5.27. The Morgan fingerprint density at radius 2 is 1.74 bits per heavy atom. The van der Waals surface area contributed by atoms with Crippen molar-refractivity contribution in [2.45, 2.75) is 20.0 Å². The van der Waals surface area contributed by atoms with Crippen LogP contribution in [0.2, 0.25) is 5.02 Å². The average molecular weight is 573 g/mol. The van der Waals surface area contributed by atoms with E-state index in [9.17, 15) is 9.59 Å². The van der Waals surface area contributed by atoms with Crippen molar-refractivity contribution in [2.75, 3.05) is 13.2 Å². The minimum Gasteiger partial charge on any atom is -0.490 e. The number of imide groups is 1. The number of rotatable bonds is 9. The monoisotopic (exact) mass is 571 g/mol. The Morgan fingerprint density at radius 3 is 2.46 bits per heavy atom. The quantitative estimate of drug-likeness (QED) is 0.251. The molecule has 0 radical (unpaired) electrons. The molecule has 1 aliphatic heterocycles. The first-order valence-corrected chi connectivity index (χ1v) is 13.1. The van der Waals surface area contributed by atoms with E-state index in [4.69, 9.17) is 21.1 Å². The van der Waals surface area contributed by atoms with Crippen molar-refractivity contribution in [3.63, 3.8) is 0 Å². The van der Waals surface area contributed by atoms with Crippen molar-refractivity contribution in [1.29, 1.82) is 0 Å². The fourth-order valence-corrected chi connectivity index (χ4v) is 5.11. The van der Waals surface area contributed by atoms with E-state index < -0.39 is 0 Å². The second kappa shape index (κ2) is 11.8. The Labute approximate surface area is 222 Å². The van der Waals surface area contributed by atoms with Gasteiger partial charge in [0.25, 0.3) is 11.1 Å². The Kier molecular flexibility index (Phi) is 8.55. The first-order valence-electron chi connectivity index (χ1n) is 11.1. The van der Waals surface area contributed by atoms with Crippen molar-refractivity contribution in [2.24, 2.45) is 0 Å². The molecule has 2 amide bonds. The van der Waals surface area contributed by atoms with Crippen LogP contribution in [0.4, 0.5) is 4.79 Å². The number of thioether (sulfide) groups is 1. The van der Waals surface area contributed by atoms with Gasteiger partial charge in [0.05, 0.1) is 16.0 Å². The summed E-state index contributed by atoms with van der Waals surface area (Å²) in [6.07, 6.45) is 2.33. The summed E-state index contributed by atoms with van der Waals surface area (Å²) in [4.78, 5) is 27.1. The topological polar surface area (TPSA) is 55.8 Å². The van der Waals surface area contributed by atoms with Gasteiger partial charge in [-0.3, -0.25) is 14.5 Å². The Bertz CT molecular complexity index is 1250. The fourth-order valence-electron chi connectivity index (χ4n) is 3.54. The highest BCUT2D eigenvalue weighted by molar-refractivity contribution is 9.10. The molecule has 5 nitrogen and oxygen atoms in total. The highest BCUT2D eigenvalue weighted by Crippen LogP contribution is 2.39. The van der Waals surface area contributed by atoms with E-state index in [0.717, 1.165) is 28.5 Å². The van der Waals surface area contributed by atoms with Gasteiger partial charge in [0.1, 0.15) is 6.61 Å². The molecule has 8 heteroatoms. The van der Waals surface area contributed by atoms with Crippen LogP contribution in [0.5, 0.6) is 11.5 Å². The number of carbonyl (C=O) groups is 2. The van der Waals surface area contributed by atoms with Crippen molar-refractivity contribution < 1.29 is 19.1 Å². The summed E-state index contributed by atoms with van der Waals surface area (Å²) < 4.78 is 12.5. The van der Waals surface area contributed by atoms with Crippen LogP contribution in [-0.4, -0.2) is 29.2 Å². The summed E-state index contributed by atoms with van der Waals surface area (Å²) in [6.45, 7) is 3.03. The smallest absolute Gasteiger partial charge is 0.293 e. The van der Waals surface area contributed by atoms with Gasteiger partial charge in [-0.25, -0.2) is 0 Å². The van der Waals surface area contributed by atoms with E-state index in [1.807, 2.05) is 73.7 Å².